The lowest BCUT2D eigenvalue weighted by Crippen LogP contribution is -1.96. The molecule has 0 bridgehead atoms. The van der Waals surface area contributed by atoms with Crippen molar-refractivity contribution in [3.05, 3.63) is 211 Å². The highest BCUT2D eigenvalue weighted by molar-refractivity contribution is 7.20. The van der Waals surface area contributed by atoms with E-state index in [1.807, 2.05) is 30.3 Å². The molecule has 0 fully saturated rings. The fourth-order valence-corrected chi connectivity index (χ4v) is 9.69. The molecule has 0 spiro atoms. The molecule has 0 atom stereocenters. The molecule has 278 valence electrons. The Labute approximate surface area is 346 Å². The molecule has 8 aromatic carbocycles. The molecule has 0 N–H and O–H groups in total. The lowest BCUT2D eigenvalue weighted by Gasteiger charge is -2.14. The van der Waals surface area contributed by atoms with Crippen molar-refractivity contribution in [3.8, 4) is 56.2 Å². The third kappa shape index (κ3) is 6.05. The Morgan fingerprint density at radius 3 is 2.02 bits per heavy atom. The quantitative estimate of drug-likeness (QED) is 0.162. The van der Waals surface area contributed by atoms with Crippen molar-refractivity contribution in [2.75, 3.05) is 0 Å². The molecular formula is C55H36N2OS. The average molecular weight is 773 g/mol. The Balaban J connectivity index is 0.988. The molecular weight excluding hydrogens is 737 g/mol. The maximum Gasteiger partial charge on any atom is 0.160 e. The second-order valence-electron chi connectivity index (χ2n) is 15.0. The zero-order valence-electron chi connectivity index (χ0n) is 32.3. The van der Waals surface area contributed by atoms with Gasteiger partial charge in [0, 0.05) is 53.6 Å². The fourth-order valence-electron chi connectivity index (χ4n) is 8.48. The second kappa shape index (κ2) is 14.2. The molecule has 0 aliphatic heterocycles. The molecule has 0 saturated carbocycles. The van der Waals surface area contributed by atoms with Crippen molar-refractivity contribution >= 4 is 59.7 Å². The van der Waals surface area contributed by atoms with Crippen molar-refractivity contribution < 1.29 is 4.42 Å². The van der Waals surface area contributed by atoms with Crippen LogP contribution in [0.1, 0.15) is 16.0 Å². The predicted molar refractivity (Wildman–Crippen MR) is 249 cm³/mol. The van der Waals surface area contributed by atoms with Crippen molar-refractivity contribution in [2.45, 2.75) is 6.92 Å². The van der Waals surface area contributed by atoms with Gasteiger partial charge >= 0.3 is 0 Å². The molecule has 3 nitrogen and oxygen atoms in total. The molecule has 11 rings (SSSR count). The van der Waals surface area contributed by atoms with E-state index in [0.717, 1.165) is 72.3 Å². The van der Waals surface area contributed by atoms with E-state index < -0.39 is 0 Å². The van der Waals surface area contributed by atoms with Gasteiger partial charge in [0.05, 0.1) is 11.4 Å². The van der Waals surface area contributed by atoms with Crippen molar-refractivity contribution in [1.29, 1.82) is 0 Å². The number of thiophene rings is 1. The molecule has 59 heavy (non-hydrogen) atoms. The zero-order valence-corrected chi connectivity index (χ0v) is 33.1. The first kappa shape index (κ1) is 34.8. The van der Waals surface area contributed by atoms with E-state index in [-0.39, 0.29) is 0 Å². The van der Waals surface area contributed by atoms with Crippen molar-refractivity contribution in [1.82, 2.24) is 9.97 Å². The standard InChI is InChI=1S/C55H36N2OS/c1-34(54-52(47-21-9-11-25-51(47)59-54)43-31-30-37-14-6-7-19-42(37)35(43)2)36-26-28-39(29-27-36)55-56-48(38-15-4-3-5-16-38)33-49(57-55)41-18-12-17-40(32-41)44-22-13-23-46-45-20-8-10-24-50(45)58-53(44)46/h3-33H,1H2,2H3. The number of hydrogen-bond donors (Lipinski definition) is 0. The minimum atomic E-state index is 0.664. The fraction of sp³-hybridized carbons (Fsp3) is 0.0182. The third-order valence-corrected chi connectivity index (χ3v) is 12.7. The number of fused-ring (bicyclic) bond motifs is 5. The highest BCUT2D eigenvalue weighted by Gasteiger charge is 2.20. The minimum absolute atomic E-state index is 0.664. The van der Waals surface area contributed by atoms with Gasteiger partial charge in [0.2, 0.25) is 0 Å². The smallest absolute Gasteiger partial charge is 0.160 e. The first-order chi connectivity index (χ1) is 29.1. The van der Waals surface area contributed by atoms with Gasteiger partial charge in [-0.25, -0.2) is 9.97 Å². The number of furan rings is 1. The lowest BCUT2D eigenvalue weighted by molar-refractivity contribution is 0.670. The molecule has 11 aromatic rings. The Morgan fingerprint density at radius 1 is 0.508 bits per heavy atom. The Bertz CT molecular complexity index is 3410. The molecule has 0 radical (unpaired) electrons. The van der Waals surface area contributed by atoms with Gasteiger partial charge in [0.25, 0.3) is 0 Å². The average Bonchev–Trinajstić information content (AvgIpc) is 3.88. The van der Waals surface area contributed by atoms with Crippen molar-refractivity contribution in [2.24, 2.45) is 0 Å². The second-order valence-corrected chi connectivity index (χ2v) is 16.1. The molecule has 0 saturated heterocycles. The van der Waals surface area contributed by atoms with E-state index in [9.17, 15) is 0 Å². The van der Waals surface area contributed by atoms with E-state index in [0.29, 0.717) is 5.82 Å². The highest BCUT2D eigenvalue weighted by Crippen LogP contribution is 2.46. The van der Waals surface area contributed by atoms with Crippen LogP contribution >= 0.6 is 11.3 Å². The Kier molecular flexibility index (Phi) is 8.38. The van der Waals surface area contributed by atoms with Gasteiger partial charge in [-0.2, -0.15) is 0 Å². The number of benzene rings is 8. The van der Waals surface area contributed by atoms with Crippen LogP contribution in [0.5, 0.6) is 0 Å². The number of rotatable bonds is 7. The van der Waals surface area contributed by atoms with Crippen LogP contribution in [0.2, 0.25) is 0 Å². The number of hydrogen-bond acceptors (Lipinski definition) is 4. The summed E-state index contributed by atoms with van der Waals surface area (Å²) in [5.41, 5.74) is 14.4. The summed E-state index contributed by atoms with van der Waals surface area (Å²) in [5.74, 6) is 0.664. The maximum atomic E-state index is 6.43. The van der Waals surface area contributed by atoms with Gasteiger partial charge in [-0.15, -0.1) is 11.3 Å². The monoisotopic (exact) mass is 772 g/mol. The van der Waals surface area contributed by atoms with Crippen LogP contribution in [-0.4, -0.2) is 9.97 Å². The van der Waals surface area contributed by atoms with Crippen molar-refractivity contribution in [3.63, 3.8) is 0 Å². The molecule has 0 amide bonds. The molecule has 3 heterocycles. The van der Waals surface area contributed by atoms with Crippen LogP contribution < -0.4 is 0 Å². The predicted octanol–water partition coefficient (Wildman–Crippen LogP) is 15.4. The summed E-state index contributed by atoms with van der Waals surface area (Å²) in [6, 6.07) is 66.0. The van der Waals surface area contributed by atoms with Crippen LogP contribution in [0.15, 0.2) is 199 Å². The third-order valence-electron chi connectivity index (χ3n) is 11.5. The molecule has 0 unspecified atom stereocenters. The van der Waals surface area contributed by atoms with Crippen LogP contribution in [0.4, 0.5) is 0 Å². The molecule has 0 aliphatic rings. The Morgan fingerprint density at radius 2 is 1.17 bits per heavy atom. The lowest BCUT2D eigenvalue weighted by atomic mass is 9.91. The maximum absolute atomic E-state index is 6.43. The van der Waals surface area contributed by atoms with Crippen LogP contribution in [0.3, 0.4) is 0 Å². The Hall–Kier alpha value is -7.40. The van der Waals surface area contributed by atoms with Gasteiger partial charge in [-0.05, 0) is 69.8 Å². The first-order valence-electron chi connectivity index (χ1n) is 19.8. The van der Waals surface area contributed by atoms with E-state index >= 15 is 0 Å². The number of nitrogens with zero attached hydrogens (tertiary/aromatic N) is 2. The summed E-state index contributed by atoms with van der Waals surface area (Å²) in [7, 11) is 0. The largest absolute Gasteiger partial charge is 0.455 e. The zero-order chi connectivity index (χ0) is 39.5. The summed E-state index contributed by atoms with van der Waals surface area (Å²) >= 11 is 1.81. The number of aryl methyl sites for hydroxylation is 1. The highest BCUT2D eigenvalue weighted by atomic mass is 32.1. The van der Waals surface area contributed by atoms with E-state index in [4.69, 9.17) is 21.0 Å². The van der Waals surface area contributed by atoms with Gasteiger partial charge in [-0.3, -0.25) is 0 Å². The molecule has 4 heteroatoms. The SMILES string of the molecule is C=C(c1ccc(-c2nc(-c3ccccc3)cc(-c3cccc(-c4cccc5c4oc4ccccc45)c3)n2)cc1)c1sc2ccccc2c1-c1ccc2ccccc2c1C. The summed E-state index contributed by atoms with van der Waals surface area (Å²) in [6.07, 6.45) is 0. The van der Waals surface area contributed by atoms with Crippen LogP contribution in [-0.2, 0) is 0 Å². The topological polar surface area (TPSA) is 38.9 Å². The summed E-state index contributed by atoms with van der Waals surface area (Å²) in [6.45, 7) is 6.95. The van der Waals surface area contributed by atoms with E-state index in [1.165, 1.54) is 42.4 Å². The van der Waals surface area contributed by atoms with Gasteiger partial charge in [0.1, 0.15) is 11.2 Å². The molecule has 3 aromatic heterocycles. The first-order valence-corrected chi connectivity index (χ1v) is 20.6. The van der Waals surface area contributed by atoms with Gasteiger partial charge in [0.15, 0.2) is 5.82 Å². The summed E-state index contributed by atoms with van der Waals surface area (Å²) < 4.78 is 7.68. The van der Waals surface area contributed by atoms with E-state index in [2.05, 4.69) is 165 Å². The summed E-state index contributed by atoms with van der Waals surface area (Å²) in [4.78, 5) is 11.6. The van der Waals surface area contributed by atoms with E-state index in [1.54, 1.807) is 11.3 Å². The van der Waals surface area contributed by atoms with Crippen LogP contribution in [0, 0.1) is 6.92 Å². The van der Waals surface area contributed by atoms with Gasteiger partial charge < -0.3 is 4.42 Å². The number of para-hydroxylation sites is 2. The normalized spacial score (nSPS) is 11.5. The van der Waals surface area contributed by atoms with Crippen LogP contribution in [0.25, 0.3) is 105 Å². The molecule has 0 aliphatic carbocycles. The minimum Gasteiger partial charge on any atom is -0.455 e. The van der Waals surface area contributed by atoms with Gasteiger partial charge in [-0.1, -0.05) is 170 Å². The number of aromatic nitrogens is 2. The summed E-state index contributed by atoms with van der Waals surface area (Å²) in [5, 5.41) is 6.00.